The van der Waals surface area contributed by atoms with Crippen LogP contribution in [0, 0.1) is 0 Å². The average Bonchev–Trinajstić information content (AvgIpc) is 2.63. The molecule has 3 heteroatoms. The third-order valence-electron chi connectivity index (χ3n) is 4.51. The van der Waals surface area contributed by atoms with Crippen molar-refractivity contribution in [3.63, 3.8) is 0 Å². The van der Waals surface area contributed by atoms with Gasteiger partial charge in [-0.15, -0.1) is 0 Å². The van der Waals surface area contributed by atoms with Gasteiger partial charge in [-0.2, -0.15) is 0 Å². The van der Waals surface area contributed by atoms with Crippen molar-refractivity contribution >= 4 is 5.78 Å². The minimum atomic E-state index is -0.469. The van der Waals surface area contributed by atoms with Gasteiger partial charge >= 0.3 is 0 Å². The van der Waals surface area contributed by atoms with Gasteiger partial charge < -0.3 is 9.84 Å². The van der Waals surface area contributed by atoms with Crippen LogP contribution in [0.4, 0.5) is 0 Å². The smallest absolute Gasteiger partial charge is 0.188 e. The van der Waals surface area contributed by atoms with E-state index in [1.165, 1.54) is 37.7 Å². The Bertz CT molecular complexity index is 638. The SMILES string of the molecule is O=C(CO)c1ccc(Oc2ccc(C3CCCCC3)cc2)cc1. The fraction of sp³-hybridized carbons (Fsp3) is 0.350. The Kier molecular flexibility index (Phi) is 5.09. The Morgan fingerprint density at radius 1 is 0.913 bits per heavy atom. The topological polar surface area (TPSA) is 46.5 Å². The van der Waals surface area contributed by atoms with Crippen molar-refractivity contribution in [2.45, 2.75) is 38.0 Å². The summed E-state index contributed by atoms with van der Waals surface area (Å²) >= 11 is 0. The lowest BCUT2D eigenvalue weighted by atomic mass is 9.84. The Morgan fingerprint density at radius 3 is 2.04 bits per heavy atom. The number of ether oxygens (including phenoxy) is 1. The van der Waals surface area contributed by atoms with Gasteiger partial charge in [0, 0.05) is 5.56 Å². The second-order valence-corrected chi connectivity index (χ2v) is 6.11. The number of benzene rings is 2. The Hall–Kier alpha value is -2.13. The molecule has 2 aromatic carbocycles. The third-order valence-corrected chi connectivity index (χ3v) is 4.51. The van der Waals surface area contributed by atoms with Crippen molar-refractivity contribution in [3.8, 4) is 11.5 Å². The maximum atomic E-state index is 11.4. The first-order valence-electron chi connectivity index (χ1n) is 8.28. The molecule has 1 aliphatic carbocycles. The second kappa shape index (κ2) is 7.42. The van der Waals surface area contributed by atoms with E-state index >= 15 is 0 Å². The minimum absolute atomic E-state index is 0.284. The number of carbonyl (C=O) groups excluding carboxylic acids is 1. The molecule has 0 saturated heterocycles. The highest BCUT2D eigenvalue weighted by atomic mass is 16.5. The lowest BCUT2D eigenvalue weighted by molar-refractivity contribution is 0.0903. The summed E-state index contributed by atoms with van der Waals surface area (Å²) in [5.41, 5.74) is 1.90. The summed E-state index contributed by atoms with van der Waals surface area (Å²) in [6, 6.07) is 15.2. The van der Waals surface area contributed by atoms with Gasteiger partial charge in [0.05, 0.1) is 0 Å². The quantitative estimate of drug-likeness (QED) is 0.814. The first-order valence-corrected chi connectivity index (χ1v) is 8.28. The van der Waals surface area contributed by atoms with Gasteiger partial charge in [-0.25, -0.2) is 0 Å². The second-order valence-electron chi connectivity index (χ2n) is 6.11. The number of Topliss-reactive ketones (excluding diaryl/α,β-unsaturated/α-hetero) is 1. The first-order chi connectivity index (χ1) is 11.3. The van der Waals surface area contributed by atoms with Crippen LogP contribution in [0.15, 0.2) is 48.5 Å². The molecular weight excluding hydrogens is 288 g/mol. The molecule has 0 radical (unpaired) electrons. The van der Waals surface area contributed by atoms with Crippen LogP contribution < -0.4 is 4.74 Å². The summed E-state index contributed by atoms with van der Waals surface area (Å²) in [7, 11) is 0. The molecule has 0 bridgehead atoms. The molecule has 3 nitrogen and oxygen atoms in total. The normalized spacial score (nSPS) is 15.3. The molecule has 23 heavy (non-hydrogen) atoms. The molecule has 0 unspecified atom stereocenters. The van der Waals surface area contributed by atoms with Gasteiger partial charge in [-0.1, -0.05) is 31.4 Å². The fourth-order valence-electron chi connectivity index (χ4n) is 3.18. The Balaban J connectivity index is 1.64. The van der Waals surface area contributed by atoms with Crippen LogP contribution in [0.25, 0.3) is 0 Å². The summed E-state index contributed by atoms with van der Waals surface area (Å²) in [6.45, 7) is -0.469. The molecule has 0 spiro atoms. The molecular formula is C20H22O3. The zero-order valence-electron chi connectivity index (χ0n) is 13.2. The van der Waals surface area contributed by atoms with Crippen LogP contribution in [0.5, 0.6) is 11.5 Å². The summed E-state index contributed by atoms with van der Waals surface area (Å²) in [5, 5.41) is 8.85. The highest BCUT2D eigenvalue weighted by molar-refractivity contribution is 5.96. The number of hydrogen-bond donors (Lipinski definition) is 1. The average molecular weight is 310 g/mol. The molecule has 3 rings (SSSR count). The van der Waals surface area contributed by atoms with E-state index in [0.717, 1.165) is 5.75 Å². The van der Waals surface area contributed by atoms with E-state index in [2.05, 4.69) is 12.1 Å². The van der Waals surface area contributed by atoms with Crippen molar-refractivity contribution in [3.05, 3.63) is 59.7 Å². The van der Waals surface area contributed by atoms with Gasteiger partial charge in [0.1, 0.15) is 18.1 Å². The monoisotopic (exact) mass is 310 g/mol. The summed E-state index contributed by atoms with van der Waals surface area (Å²) in [4.78, 5) is 11.4. The van der Waals surface area contributed by atoms with Crippen LogP contribution >= 0.6 is 0 Å². The predicted molar refractivity (Wildman–Crippen MR) is 90.2 cm³/mol. The van der Waals surface area contributed by atoms with Crippen LogP contribution in [0.2, 0.25) is 0 Å². The molecule has 1 fully saturated rings. The highest BCUT2D eigenvalue weighted by Gasteiger charge is 2.15. The number of ketones is 1. The summed E-state index contributed by atoms with van der Waals surface area (Å²) in [6.07, 6.45) is 6.62. The van der Waals surface area contributed by atoms with E-state index < -0.39 is 6.61 Å². The van der Waals surface area contributed by atoms with Gasteiger partial charge in [0.2, 0.25) is 0 Å². The number of aliphatic hydroxyl groups is 1. The molecule has 0 atom stereocenters. The van der Waals surface area contributed by atoms with Crippen LogP contribution in [-0.2, 0) is 0 Å². The van der Waals surface area contributed by atoms with E-state index in [9.17, 15) is 4.79 Å². The number of carbonyl (C=O) groups is 1. The van der Waals surface area contributed by atoms with Crippen molar-refractivity contribution in [1.29, 1.82) is 0 Å². The van der Waals surface area contributed by atoms with E-state index in [1.54, 1.807) is 24.3 Å². The van der Waals surface area contributed by atoms with Gasteiger partial charge in [0.15, 0.2) is 5.78 Å². The van der Waals surface area contributed by atoms with Crippen LogP contribution in [-0.4, -0.2) is 17.5 Å². The third kappa shape index (κ3) is 3.99. The standard InChI is InChI=1S/C20H22O3/c21-14-20(22)17-8-12-19(13-9-17)23-18-10-6-16(7-11-18)15-4-2-1-3-5-15/h6-13,15,21H,1-5,14H2. The number of aliphatic hydroxyl groups excluding tert-OH is 1. The molecule has 0 aromatic heterocycles. The maximum Gasteiger partial charge on any atom is 0.188 e. The Morgan fingerprint density at radius 2 is 1.48 bits per heavy atom. The number of rotatable bonds is 5. The number of hydrogen-bond acceptors (Lipinski definition) is 3. The predicted octanol–water partition coefficient (Wildman–Crippen LogP) is 4.70. The maximum absolute atomic E-state index is 11.4. The molecule has 0 aliphatic heterocycles. The Labute approximate surface area is 136 Å². The van der Waals surface area contributed by atoms with Crippen molar-refractivity contribution in [2.24, 2.45) is 0 Å². The highest BCUT2D eigenvalue weighted by Crippen LogP contribution is 2.33. The van der Waals surface area contributed by atoms with Gasteiger partial charge in [-0.05, 0) is 60.7 Å². The summed E-state index contributed by atoms with van der Waals surface area (Å²) < 4.78 is 5.82. The lowest BCUT2D eigenvalue weighted by Crippen LogP contribution is -2.04. The largest absolute Gasteiger partial charge is 0.457 e. The van der Waals surface area contributed by atoms with Crippen LogP contribution in [0.3, 0.4) is 0 Å². The van der Waals surface area contributed by atoms with Gasteiger partial charge in [-0.3, -0.25) is 4.79 Å². The van der Waals surface area contributed by atoms with Crippen molar-refractivity contribution in [1.82, 2.24) is 0 Å². The molecule has 1 aliphatic rings. The first kappa shape index (κ1) is 15.8. The molecule has 120 valence electrons. The molecule has 0 amide bonds. The summed E-state index contributed by atoms with van der Waals surface area (Å²) in [5.74, 6) is 1.89. The van der Waals surface area contributed by atoms with E-state index in [1.807, 2.05) is 12.1 Å². The lowest BCUT2D eigenvalue weighted by Gasteiger charge is -2.22. The molecule has 0 heterocycles. The van der Waals surface area contributed by atoms with E-state index in [-0.39, 0.29) is 5.78 Å². The zero-order chi connectivity index (χ0) is 16.1. The van der Waals surface area contributed by atoms with Crippen molar-refractivity contribution in [2.75, 3.05) is 6.61 Å². The fourth-order valence-corrected chi connectivity index (χ4v) is 3.18. The van der Waals surface area contributed by atoms with E-state index in [0.29, 0.717) is 17.2 Å². The minimum Gasteiger partial charge on any atom is -0.457 e. The molecule has 1 saturated carbocycles. The van der Waals surface area contributed by atoms with Gasteiger partial charge in [0.25, 0.3) is 0 Å². The van der Waals surface area contributed by atoms with E-state index in [4.69, 9.17) is 9.84 Å². The van der Waals surface area contributed by atoms with Crippen molar-refractivity contribution < 1.29 is 14.6 Å². The molecule has 2 aromatic rings. The van der Waals surface area contributed by atoms with Crippen LogP contribution in [0.1, 0.15) is 53.9 Å². The molecule has 1 N–H and O–H groups in total. The zero-order valence-corrected chi connectivity index (χ0v) is 13.2.